The van der Waals surface area contributed by atoms with Gasteiger partial charge in [0.05, 0.1) is 5.69 Å². The first-order valence-electron chi connectivity index (χ1n) is 3.41. The summed E-state index contributed by atoms with van der Waals surface area (Å²) in [6.45, 7) is 3.87. The highest BCUT2D eigenvalue weighted by Crippen LogP contribution is 2.19. The van der Waals surface area contributed by atoms with Crippen molar-refractivity contribution in [3.05, 3.63) is 11.5 Å². The second kappa shape index (κ2) is 4.07. The van der Waals surface area contributed by atoms with E-state index < -0.39 is 0 Å². The van der Waals surface area contributed by atoms with Gasteiger partial charge >= 0.3 is 0 Å². The van der Waals surface area contributed by atoms with Crippen LogP contribution >= 0.6 is 24.4 Å². The van der Waals surface area contributed by atoms with Crippen molar-refractivity contribution in [2.75, 3.05) is 11.5 Å². The second-order valence-electron chi connectivity index (χ2n) is 2.19. The van der Waals surface area contributed by atoms with Crippen molar-refractivity contribution >= 4 is 24.4 Å². The number of thioether (sulfide) groups is 1. The van der Waals surface area contributed by atoms with Crippen LogP contribution in [-0.4, -0.2) is 16.5 Å². The van der Waals surface area contributed by atoms with Crippen LogP contribution in [0.2, 0.25) is 0 Å². The number of oxazole rings is 1. The minimum Gasteiger partial charge on any atom is -0.437 e. The van der Waals surface area contributed by atoms with E-state index in [1.807, 2.05) is 13.8 Å². The zero-order valence-corrected chi connectivity index (χ0v) is 8.34. The topological polar surface area (TPSA) is 26.0 Å². The molecule has 0 aliphatic rings. The van der Waals surface area contributed by atoms with Crippen molar-refractivity contribution in [3.8, 4) is 0 Å². The molecule has 0 atom stereocenters. The van der Waals surface area contributed by atoms with E-state index in [1.54, 1.807) is 11.8 Å². The van der Waals surface area contributed by atoms with Crippen LogP contribution in [0.5, 0.6) is 0 Å². The summed E-state index contributed by atoms with van der Waals surface area (Å²) in [6.07, 6.45) is 0. The summed E-state index contributed by atoms with van der Waals surface area (Å²) >= 11 is 5.69. The molecular weight excluding hydrogens is 178 g/mol. The molecule has 0 saturated heterocycles. The van der Waals surface area contributed by atoms with E-state index in [9.17, 15) is 0 Å². The molecule has 11 heavy (non-hydrogen) atoms. The molecule has 0 fully saturated rings. The van der Waals surface area contributed by atoms with E-state index in [-0.39, 0.29) is 0 Å². The monoisotopic (exact) mass is 189 g/mol. The fourth-order valence-electron chi connectivity index (χ4n) is 0.638. The largest absolute Gasteiger partial charge is 0.437 e. The van der Waals surface area contributed by atoms with E-state index in [1.165, 1.54) is 0 Å². The number of hydrogen-bond donors (Lipinski definition) is 1. The van der Waals surface area contributed by atoms with Gasteiger partial charge in [0.2, 0.25) is 0 Å². The predicted octanol–water partition coefficient (Wildman–Crippen LogP) is 2.31. The zero-order valence-electron chi connectivity index (χ0n) is 6.63. The summed E-state index contributed by atoms with van der Waals surface area (Å²) in [7, 11) is 0. The summed E-state index contributed by atoms with van der Waals surface area (Å²) in [6, 6.07) is 0. The van der Waals surface area contributed by atoms with Gasteiger partial charge in [-0.1, -0.05) is 11.8 Å². The molecule has 2 nitrogen and oxygen atoms in total. The molecule has 0 bridgehead atoms. The molecule has 1 aromatic rings. The molecule has 4 heteroatoms. The molecule has 0 N–H and O–H groups in total. The second-order valence-corrected chi connectivity index (χ2v) is 3.69. The van der Waals surface area contributed by atoms with Crippen LogP contribution in [0.1, 0.15) is 11.5 Å². The lowest BCUT2D eigenvalue weighted by Crippen LogP contribution is -1.78. The Morgan fingerprint density at radius 1 is 1.55 bits per heavy atom. The molecule has 1 rings (SSSR count). The average molecular weight is 189 g/mol. The van der Waals surface area contributed by atoms with Gasteiger partial charge in [0.15, 0.2) is 0 Å². The normalized spacial score (nSPS) is 10.5. The van der Waals surface area contributed by atoms with Crippen LogP contribution < -0.4 is 0 Å². The minimum atomic E-state index is 0.758. The lowest BCUT2D eigenvalue weighted by atomic mass is 10.4. The molecule has 0 radical (unpaired) electrons. The van der Waals surface area contributed by atoms with Gasteiger partial charge in [-0.2, -0.15) is 12.6 Å². The Bertz CT molecular complexity index is 215. The smallest absolute Gasteiger partial charge is 0.256 e. The zero-order chi connectivity index (χ0) is 8.27. The lowest BCUT2D eigenvalue weighted by molar-refractivity contribution is 0.431. The lowest BCUT2D eigenvalue weighted by Gasteiger charge is -1.88. The van der Waals surface area contributed by atoms with E-state index in [0.29, 0.717) is 0 Å². The molecular formula is C7H11NOS2. The Morgan fingerprint density at radius 2 is 2.27 bits per heavy atom. The Hall–Kier alpha value is -0.0900. The molecule has 0 spiro atoms. The third-order valence-electron chi connectivity index (χ3n) is 1.33. The summed E-state index contributed by atoms with van der Waals surface area (Å²) in [5, 5.41) is 0.758. The van der Waals surface area contributed by atoms with Crippen LogP contribution in [0.15, 0.2) is 9.64 Å². The predicted molar refractivity (Wildman–Crippen MR) is 50.6 cm³/mol. The number of aromatic nitrogens is 1. The molecule has 1 aromatic heterocycles. The van der Waals surface area contributed by atoms with E-state index >= 15 is 0 Å². The number of hydrogen-bond acceptors (Lipinski definition) is 4. The van der Waals surface area contributed by atoms with Crippen LogP contribution in [-0.2, 0) is 0 Å². The van der Waals surface area contributed by atoms with Gasteiger partial charge in [-0.05, 0) is 19.6 Å². The summed E-state index contributed by atoms with van der Waals surface area (Å²) in [5.41, 5.74) is 0.978. The fraction of sp³-hybridized carbons (Fsp3) is 0.571. The Kier molecular flexibility index (Phi) is 3.33. The van der Waals surface area contributed by atoms with Gasteiger partial charge in [0, 0.05) is 5.75 Å². The van der Waals surface area contributed by atoms with Crippen LogP contribution in [0.4, 0.5) is 0 Å². The molecule has 0 amide bonds. The van der Waals surface area contributed by atoms with E-state index in [2.05, 4.69) is 17.6 Å². The van der Waals surface area contributed by atoms with Gasteiger partial charge < -0.3 is 4.42 Å². The third kappa shape index (κ3) is 2.45. The van der Waals surface area contributed by atoms with Crippen molar-refractivity contribution in [1.29, 1.82) is 0 Å². The molecule has 0 saturated carbocycles. The Labute approximate surface area is 76.2 Å². The third-order valence-corrected chi connectivity index (χ3v) is 2.68. The van der Waals surface area contributed by atoms with Crippen molar-refractivity contribution in [3.63, 3.8) is 0 Å². The SMILES string of the molecule is Cc1nc(SCCS)oc1C. The van der Waals surface area contributed by atoms with Crippen molar-refractivity contribution in [2.45, 2.75) is 19.1 Å². The highest BCUT2D eigenvalue weighted by molar-refractivity contribution is 7.99. The molecule has 0 aliphatic heterocycles. The van der Waals surface area contributed by atoms with Crippen molar-refractivity contribution in [2.24, 2.45) is 0 Å². The average Bonchev–Trinajstić information content (AvgIpc) is 2.28. The van der Waals surface area contributed by atoms with Gasteiger partial charge in [0.25, 0.3) is 5.22 Å². The quantitative estimate of drug-likeness (QED) is 0.583. The van der Waals surface area contributed by atoms with Crippen molar-refractivity contribution < 1.29 is 4.42 Å². The maximum absolute atomic E-state index is 5.33. The number of rotatable bonds is 3. The fourth-order valence-corrected chi connectivity index (χ4v) is 1.56. The van der Waals surface area contributed by atoms with Crippen molar-refractivity contribution in [1.82, 2.24) is 4.98 Å². The first kappa shape index (κ1) is 9.00. The molecule has 0 aliphatic carbocycles. The molecule has 0 unspecified atom stereocenters. The number of aryl methyl sites for hydroxylation is 2. The Balaban J connectivity index is 2.58. The summed E-state index contributed by atoms with van der Waals surface area (Å²) < 4.78 is 5.33. The van der Waals surface area contributed by atoms with E-state index in [0.717, 1.165) is 28.2 Å². The number of nitrogens with zero attached hydrogens (tertiary/aromatic N) is 1. The Morgan fingerprint density at radius 3 is 2.73 bits per heavy atom. The van der Waals surface area contributed by atoms with Gasteiger partial charge in [-0.25, -0.2) is 4.98 Å². The van der Waals surface area contributed by atoms with Gasteiger partial charge in [-0.3, -0.25) is 0 Å². The van der Waals surface area contributed by atoms with Gasteiger partial charge in [0.1, 0.15) is 5.76 Å². The molecule has 1 heterocycles. The standard InChI is InChI=1S/C7H11NOS2/c1-5-6(2)9-7(8-5)11-4-3-10/h10H,3-4H2,1-2H3. The summed E-state index contributed by atoms with van der Waals surface area (Å²) in [4.78, 5) is 4.21. The number of thiol groups is 1. The molecule has 62 valence electrons. The first-order valence-corrected chi connectivity index (χ1v) is 5.03. The highest BCUT2D eigenvalue weighted by atomic mass is 32.2. The molecule has 0 aromatic carbocycles. The maximum Gasteiger partial charge on any atom is 0.256 e. The van der Waals surface area contributed by atoms with Crippen LogP contribution in [0.3, 0.4) is 0 Å². The maximum atomic E-state index is 5.33. The van der Waals surface area contributed by atoms with Crippen LogP contribution in [0.25, 0.3) is 0 Å². The summed E-state index contributed by atoms with van der Waals surface area (Å²) in [5.74, 6) is 2.71. The van der Waals surface area contributed by atoms with Crippen LogP contribution in [0, 0.1) is 13.8 Å². The first-order chi connectivity index (χ1) is 5.24. The highest BCUT2D eigenvalue weighted by Gasteiger charge is 2.04. The van der Waals surface area contributed by atoms with E-state index in [4.69, 9.17) is 4.42 Å². The van der Waals surface area contributed by atoms with Gasteiger partial charge in [-0.15, -0.1) is 0 Å². The minimum absolute atomic E-state index is 0.758.